The Morgan fingerprint density at radius 2 is 1.33 bits per heavy atom. The van der Waals surface area contributed by atoms with Gasteiger partial charge in [0.25, 0.3) is 0 Å². The van der Waals surface area contributed by atoms with Gasteiger partial charge in [0.15, 0.2) is 0 Å². The molecule has 4 nitrogen and oxygen atoms in total. The molecular formula is C23H24N2O2. The molecule has 1 N–H and O–H groups in total. The van der Waals surface area contributed by atoms with Crippen LogP contribution in [0.1, 0.15) is 16.7 Å². The molecule has 2 amide bonds. The van der Waals surface area contributed by atoms with Crippen LogP contribution in [0, 0.1) is 0 Å². The summed E-state index contributed by atoms with van der Waals surface area (Å²) in [4.78, 5) is 14.7. The number of hydrogen-bond acceptors (Lipinski definition) is 2. The molecule has 0 saturated carbocycles. The lowest BCUT2D eigenvalue weighted by Crippen LogP contribution is -2.38. The van der Waals surface area contributed by atoms with E-state index in [-0.39, 0.29) is 6.03 Å². The number of nitrogens with zero attached hydrogens (tertiary/aromatic N) is 1. The maximum atomic E-state index is 12.9. The van der Waals surface area contributed by atoms with Gasteiger partial charge in [0.2, 0.25) is 0 Å². The first-order chi connectivity index (χ1) is 13.3. The van der Waals surface area contributed by atoms with E-state index < -0.39 is 0 Å². The van der Waals surface area contributed by atoms with E-state index in [1.165, 1.54) is 0 Å². The number of hydrogen-bond donors (Lipinski definition) is 1. The topological polar surface area (TPSA) is 41.6 Å². The molecule has 0 bridgehead atoms. The number of nitrogens with one attached hydrogen (secondary N) is 1. The summed E-state index contributed by atoms with van der Waals surface area (Å²) in [5.41, 5.74) is 3.15. The second-order valence-electron chi connectivity index (χ2n) is 6.30. The van der Waals surface area contributed by atoms with Crippen molar-refractivity contribution >= 4 is 6.03 Å². The first-order valence-corrected chi connectivity index (χ1v) is 8.99. The molecule has 0 spiro atoms. The molecule has 27 heavy (non-hydrogen) atoms. The molecular weight excluding hydrogens is 336 g/mol. The van der Waals surface area contributed by atoms with Gasteiger partial charge in [-0.15, -0.1) is 0 Å². The van der Waals surface area contributed by atoms with Crippen LogP contribution in [0.25, 0.3) is 0 Å². The summed E-state index contributed by atoms with van der Waals surface area (Å²) >= 11 is 0. The average Bonchev–Trinajstić information content (AvgIpc) is 2.73. The average molecular weight is 360 g/mol. The van der Waals surface area contributed by atoms with E-state index in [1.54, 1.807) is 7.11 Å². The number of amides is 2. The van der Waals surface area contributed by atoms with E-state index in [0.717, 1.165) is 22.4 Å². The van der Waals surface area contributed by atoms with Gasteiger partial charge in [0, 0.05) is 25.2 Å². The Bertz CT molecular complexity index is 809. The third-order valence-electron chi connectivity index (χ3n) is 4.34. The van der Waals surface area contributed by atoms with Crippen LogP contribution < -0.4 is 10.1 Å². The van der Waals surface area contributed by atoms with Gasteiger partial charge in [-0.05, 0) is 17.2 Å². The molecule has 0 aromatic heterocycles. The van der Waals surface area contributed by atoms with Crippen molar-refractivity contribution in [2.24, 2.45) is 0 Å². The van der Waals surface area contributed by atoms with Crippen molar-refractivity contribution in [1.82, 2.24) is 10.2 Å². The summed E-state index contributed by atoms with van der Waals surface area (Å²) in [5.74, 6) is 0.774. The molecule has 3 aromatic rings. The molecule has 0 fully saturated rings. The van der Waals surface area contributed by atoms with Crippen molar-refractivity contribution in [2.45, 2.75) is 19.6 Å². The quantitative estimate of drug-likeness (QED) is 0.669. The van der Waals surface area contributed by atoms with E-state index in [9.17, 15) is 4.79 Å². The number of carbonyl (C=O) groups is 1. The van der Waals surface area contributed by atoms with Crippen molar-refractivity contribution in [2.75, 3.05) is 7.11 Å². The van der Waals surface area contributed by atoms with Gasteiger partial charge in [-0.3, -0.25) is 0 Å². The maximum Gasteiger partial charge on any atom is 0.318 e. The minimum absolute atomic E-state index is 0.103. The van der Waals surface area contributed by atoms with Crippen LogP contribution in [0.4, 0.5) is 4.79 Å². The van der Waals surface area contributed by atoms with Gasteiger partial charge in [-0.25, -0.2) is 4.79 Å². The fourth-order valence-corrected chi connectivity index (χ4v) is 2.94. The molecule has 0 heterocycles. The van der Waals surface area contributed by atoms with Crippen LogP contribution in [0.15, 0.2) is 84.9 Å². The predicted molar refractivity (Wildman–Crippen MR) is 107 cm³/mol. The Hall–Kier alpha value is -3.27. The number of benzene rings is 3. The summed E-state index contributed by atoms with van der Waals surface area (Å²) in [7, 11) is 1.64. The van der Waals surface area contributed by atoms with Crippen molar-refractivity contribution < 1.29 is 9.53 Å². The third kappa shape index (κ3) is 5.35. The Morgan fingerprint density at radius 1 is 0.815 bits per heavy atom. The minimum atomic E-state index is -0.103. The molecule has 0 saturated heterocycles. The largest absolute Gasteiger partial charge is 0.496 e. The maximum absolute atomic E-state index is 12.9. The number of urea groups is 1. The predicted octanol–water partition coefficient (Wildman–Crippen LogP) is 4.61. The lowest BCUT2D eigenvalue weighted by Gasteiger charge is -2.24. The first kappa shape index (κ1) is 18.5. The van der Waals surface area contributed by atoms with E-state index in [0.29, 0.717) is 19.6 Å². The van der Waals surface area contributed by atoms with Gasteiger partial charge < -0.3 is 15.0 Å². The zero-order chi connectivity index (χ0) is 18.9. The normalized spacial score (nSPS) is 10.3. The van der Waals surface area contributed by atoms with E-state index in [1.807, 2.05) is 89.8 Å². The molecule has 0 aliphatic rings. The second kappa shape index (κ2) is 9.43. The van der Waals surface area contributed by atoms with E-state index >= 15 is 0 Å². The lowest BCUT2D eigenvalue weighted by atomic mass is 10.1. The highest BCUT2D eigenvalue weighted by Gasteiger charge is 2.15. The highest BCUT2D eigenvalue weighted by atomic mass is 16.5. The molecule has 3 aromatic carbocycles. The monoisotopic (exact) mass is 360 g/mol. The highest BCUT2D eigenvalue weighted by molar-refractivity contribution is 5.74. The minimum Gasteiger partial charge on any atom is -0.496 e. The van der Waals surface area contributed by atoms with Crippen LogP contribution in [0.5, 0.6) is 5.75 Å². The van der Waals surface area contributed by atoms with Crippen LogP contribution >= 0.6 is 0 Å². The van der Waals surface area contributed by atoms with Crippen LogP contribution in [0.2, 0.25) is 0 Å². The zero-order valence-corrected chi connectivity index (χ0v) is 15.5. The van der Waals surface area contributed by atoms with Crippen LogP contribution in [-0.4, -0.2) is 18.0 Å². The fraction of sp³-hybridized carbons (Fsp3) is 0.174. The van der Waals surface area contributed by atoms with Crippen LogP contribution in [0.3, 0.4) is 0 Å². The molecule has 138 valence electrons. The first-order valence-electron chi connectivity index (χ1n) is 8.99. The van der Waals surface area contributed by atoms with Crippen molar-refractivity contribution in [3.05, 3.63) is 102 Å². The van der Waals surface area contributed by atoms with Crippen molar-refractivity contribution in [3.8, 4) is 5.75 Å². The third-order valence-corrected chi connectivity index (χ3v) is 4.34. The Kier molecular flexibility index (Phi) is 6.47. The van der Waals surface area contributed by atoms with E-state index in [4.69, 9.17) is 4.74 Å². The summed E-state index contributed by atoms with van der Waals surface area (Å²) in [6, 6.07) is 27.7. The van der Waals surface area contributed by atoms with Gasteiger partial charge in [-0.2, -0.15) is 0 Å². The number of rotatable bonds is 7. The summed E-state index contributed by atoms with van der Waals surface area (Å²) in [6.45, 7) is 1.52. The van der Waals surface area contributed by atoms with Gasteiger partial charge in [0.1, 0.15) is 5.75 Å². The molecule has 0 aliphatic heterocycles. The van der Waals surface area contributed by atoms with Crippen molar-refractivity contribution in [1.29, 1.82) is 0 Å². The highest BCUT2D eigenvalue weighted by Crippen LogP contribution is 2.17. The zero-order valence-electron chi connectivity index (χ0n) is 15.5. The molecule has 0 atom stereocenters. The molecule has 0 radical (unpaired) electrons. The van der Waals surface area contributed by atoms with Crippen molar-refractivity contribution in [3.63, 3.8) is 0 Å². The number of para-hydroxylation sites is 1. The summed E-state index contributed by atoms with van der Waals surface area (Å²) in [6.07, 6.45) is 0. The standard InChI is InChI=1S/C23H24N2O2/c1-27-22-15-9-8-14-21(22)16-24-23(26)25(17-19-10-4-2-5-11-19)18-20-12-6-3-7-13-20/h2-15H,16-18H2,1H3,(H,24,26). The second-order valence-corrected chi connectivity index (χ2v) is 6.30. The Morgan fingerprint density at radius 3 is 1.89 bits per heavy atom. The molecule has 4 heteroatoms. The Balaban J connectivity index is 1.71. The summed E-state index contributed by atoms with van der Waals surface area (Å²) < 4.78 is 5.36. The smallest absolute Gasteiger partial charge is 0.318 e. The Labute approximate surface area is 160 Å². The SMILES string of the molecule is COc1ccccc1CNC(=O)N(Cc1ccccc1)Cc1ccccc1. The van der Waals surface area contributed by atoms with Gasteiger partial charge >= 0.3 is 6.03 Å². The van der Waals surface area contributed by atoms with Gasteiger partial charge in [0.05, 0.1) is 7.11 Å². The number of methoxy groups -OCH3 is 1. The van der Waals surface area contributed by atoms with Gasteiger partial charge in [-0.1, -0.05) is 78.9 Å². The summed E-state index contributed by atoms with van der Waals surface area (Å²) in [5, 5.41) is 3.02. The van der Waals surface area contributed by atoms with E-state index in [2.05, 4.69) is 5.32 Å². The molecule has 0 unspecified atom stereocenters. The molecule has 3 rings (SSSR count). The molecule has 0 aliphatic carbocycles. The van der Waals surface area contributed by atoms with Crippen LogP contribution in [-0.2, 0) is 19.6 Å². The number of carbonyl (C=O) groups excluding carboxylic acids is 1. The number of ether oxygens (including phenoxy) is 1. The lowest BCUT2D eigenvalue weighted by molar-refractivity contribution is 0.191. The fourth-order valence-electron chi connectivity index (χ4n) is 2.94.